The molecule has 0 amide bonds. The number of rotatable bonds is 2. The van der Waals surface area contributed by atoms with E-state index in [1.54, 1.807) is 7.05 Å². The Kier molecular flexibility index (Phi) is 4.86. The smallest absolute Gasteiger partial charge is 0.131 e. The Balaban J connectivity index is 0.00000144. The highest BCUT2D eigenvalue weighted by Crippen LogP contribution is 2.34. The summed E-state index contributed by atoms with van der Waals surface area (Å²) in [5.74, 6) is -0.979. The van der Waals surface area contributed by atoms with E-state index in [-0.39, 0.29) is 18.0 Å². The van der Waals surface area contributed by atoms with Crippen molar-refractivity contribution in [1.82, 2.24) is 5.32 Å². The van der Waals surface area contributed by atoms with Crippen LogP contribution >= 0.6 is 12.4 Å². The van der Waals surface area contributed by atoms with Crippen LogP contribution < -0.4 is 5.32 Å². The molecule has 96 valence electrons. The van der Waals surface area contributed by atoms with Gasteiger partial charge < -0.3 is 10.1 Å². The highest BCUT2D eigenvalue weighted by molar-refractivity contribution is 5.85. The van der Waals surface area contributed by atoms with E-state index in [0.29, 0.717) is 26.1 Å². The monoisotopic (exact) mass is 263 g/mol. The van der Waals surface area contributed by atoms with Crippen LogP contribution in [0.1, 0.15) is 18.4 Å². The molecule has 0 radical (unpaired) electrons. The molecule has 0 bridgehead atoms. The molecule has 0 saturated carbocycles. The van der Waals surface area contributed by atoms with Crippen LogP contribution in [0.15, 0.2) is 18.2 Å². The predicted molar refractivity (Wildman–Crippen MR) is 64.4 cm³/mol. The lowest BCUT2D eigenvalue weighted by Gasteiger charge is -2.37. The molecule has 1 aromatic carbocycles. The highest BCUT2D eigenvalue weighted by atomic mass is 35.5. The first-order chi connectivity index (χ1) is 7.69. The molecule has 5 heteroatoms. The van der Waals surface area contributed by atoms with E-state index in [0.717, 1.165) is 0 Å². The van der Waals surface area contributed by atoms with Crippen LogP contribution in [0.4, 0.5) is 8.78 Å². The van der Waals surface area contributed by atoms with Gasteiger partial charge in [0.1, 0.15) is 11.6 Å². The van der Waals surface area contributed by atoms with Gasteiger partial charge in [-0.05, 0) is 32.0 Å². The Morgan fingerprint density at radius 3 is 2.18 bits per heavy atom. The van der Waals surface area contributed by atoms with Gasteiger partial charge in [-0.1, -0.05) is 6.07 Å². The van der Waals surface area contributed by atoms with E-state index in [2.05, 4.69) is 5.32 Å². The van der Waals surface area contributed by atoms with E-state index < -0.39 is 17.2 Å². The first-order valence-electron chi connectivity index (χ1n) is 5.41. The van der Waals surface area contributed by atoms with Crippen molar-refractivity contribution in [2.75, 3.05) is 20.3 Å². The SMILES string of the molecule is CNC1(c2c(F)cccc2F)CCOCC1.Cl. The van der Waals surface area contributed by atoms with Crippen LogP contribution in [0.5, 0.6) is 0 Å². The van der Waals surface area contributed by atoms with Crippen molar-refractivity contribution in [2.45, 2.75) is 18.4 Å². The maximum atomic E-state index is 13.7. The van der Waals surface area contributed by atoms with Gasteiger partial charge in [-0.2, -0.15) is 0 Å². The highest BCUT2D eigenvalue weighted by Gasteiger charge is 2.37. The second-order valence-corrected chi connectivity index (χ2v) is 4.04. The summed E-state index contributed by atoms with van der Waals surface area (Å²) in [5, 5.41) is 3.06. The lowest BCUT2D eigenvalue weighted by atomic mass is 9.82. The van der Waals surface area contributed by atoms with E-state index in [9.17, 15) is 8.78 Å². The van der Waals surface area contributed by atoms with Crippen molar-refractivity contribution in [3.05, 3.63) is 35.4 Å². The van der Waals surface area contributed by atoms with E-state index in [1.807, 2.05) is 0 Å². The average Bonchev–Trinajstić information content (AvgIpc) is 2.30. The van der Waals surface area contributed by atoms with Crippen LogP contribution in [0.25, 0.3) is 0 Å². The molecule has 0 aliphatic carbocycles. The number of hydrogen-bond donors (Lipinski definition) is 1. The molecule has 1 saturated heterocycles. The van der Waals surface area contributed by atoms with Gasteiger partial charge in [-0.3, -0.25) is 0 Å². The Labute approximate surface area is 106 Å². The maximum absolute atomic E-state index is 13.7. The zero-order valence-electron chi connectivity index (χ0n) is 9.63. The Morgan fingerprint density at radius 2 is 1.71 bits per heavy atom. The van der Waals surface area contributed by atoms with Crippen LogP contribution in [-0.4, -0.2) is 20.3 Å². The summed E-state index contributed by atoms with van der Waals surface area (Å²) < 4.78 is 32.7. The van der Waals surface area contributed by atoms with Crippen LogP contribution in [0, 0.1) is 11.6 Å². The molecule has 0 aromatic heterocycles. The Morgan fingerprint density at radius 1 is 1.18 bits per heavy atom. The second-order valence-electron chi connectivity index (χ2n) is 4.04. The van der Waals surface area contributed by atoms with E-state index in [1.165, 1.54) is 18.2 Å². The molecule has 0 atom stereocenters. The van der Waals surface area contributed by atoms with Crippen molar-refractivity contribution < 1.29 is 13.5 Å². The average molecular weight is 264 g/mol. The van der Waals surface area contributed by atoms with Crippen molar-refractivity contribution >= 4 is 12.4 Å². The van der Waals surface area contributed by atoms with Gasteiger partial charge in [-0.25, -0.2) is 8.78 Å². The molecule has 2 rings (SSSR count). The minimum atomic E-state index is -0.631. The van der Waals surface area contributed by atoms with Crippen LogP contribution in [-0.2, 0) is 10.3 Å². The fourth-order valence-corrected chi connectivity index (χ4v) is 2.30. The molecule has 1 aliphatic rings. The molecule has 2 nitrogen and oxygen atoms in total. The molecule has 1 heterocycles. The molecule has 1 aliphatic heterocycles. The van der Waals surface area contributed by atoms with Crippen LogP contribution in [0.3, 0.4) is 0 Å². The standard InChI is InChI=1S/C12H15F2NO.ClH/c1-15-12(5-7-16-8-6-12)11-9(13)3-2-4-10(11)14;/h2-4,15H,5-8H2,1H3;1H. The van der Waals surface area contributed by atoms with Gasteiger partial charge in [0.05, 0.1) is 5.54 Å². The maximum Gasteiger partial charge on any atom is 0.131 e. The number of ether oxygens (including phenoxy) is 1. The summed E-state index contributed by atoms with van der Waals surface area (Å²) in [6, 6.07) is 3.98. The summed E-state index contributed by atoms with van der Waals surface area (Å²) in [7, 11) is 1.73. The van der Waals surface area contributed by atoms with Gasteiger partial charge in [-0.15, -0.1) is 12.4 Å². The number of hydrogen-bond acceptors (Lipinski definition) is 2. The van der Waals surface area contributed by atoms with Crippen molar-refractivity contribution in [3.8, 4) is 0 Å². The van der Waals surface area contributed by atoms with Crippen LogP contribution in [0.2, 0.25) is 0 Å². The first-order valence-corrected chi connectivity index (χ1v) is 5.41. The molecule has 1 aromatic rings. The van der Waals surface area contributed by atoms with Gasteiger partial charge in [0.25, 0.3) is 0 Å². The molecule has 17 heavy (non-hydrogen) atoms. The second kappa shape index (κ2) is 5.76. The zero-order valence-corrected chi connectivity index (χ0v) is 10.4. The molecular formula is C12H16ClF2NO. The molecular weight excluding hydrogens is 248 g/mol. The third-order valence-electron chi connectivity index (χ3n) is 3.27. The number of benzene rings is 1. The number of halogens is 3. The van der Waals surface area contributed by atoms with Gasteiger partial charge in [0.15, 0.2) is 0 Å². The first kappa shape index (κ1) is 14.4. The zero-order chi connectivity index (χ0) is 11.6. The summed E-state index contributed by atoms with van der Waals surface area (Å²) in [4.78, 5) is 0. The molecule has 1 fully saturated rings. The van der Waals surface area contributed by atoms with Gasteiger partial charge in [0.2, 0.25) is 0 Å². The topological polar surface area (TPSA) is 21.3 Å². The lowest BCUT2D eigenvalue weighted by Crippen LogP contribution is -2.46. The normalized spacial score (nSPS) is 18.5. The molecule has 1 N–H and O–H groups in total. The third kappa shape index (κ3) is 2.59. The van der Waals surface area contributed by atoms with Gasteiger partial charge >= 0.3 is 0 Å². The summed E-state index contributed by atoms with van der Waals surface area (Å²) in [6.07, 6.45) is 1.17. The Bertz CT molecular complexity index is 361. The Hall–Kier alpha value is -0.710. The minimum absolute atomic E-state index is 0. The molecule has 0 spiro atoms. The summed E-state index contributed by atoms with van der Waals surface area (Å²) in [6.45, 7) is 1.04. The third-order valence-corrected chi connectivity index (χ3v) is 3.27. The fraction of sp³-hybridized carbons (Fsp3) is 0.500. The van der Waals surface area contributed by atoms with Crippen molar-refractivity contribution in [2.24, 2.45) is 0 Å². The van der Waals surface area contributed by atoms with Crippen molar-refractivity contribution in [3.63, 3.8) is 0 Å². The number of nitrogens with one attached hydrogen (secondary N) is 1. The van der Waals surface area contributed by atoms with E-state index >= 15 is 0 Å². The van der Waals surface area contributed by atoms with Crippen molar-refractivity contribution in [1.29, 1.82) is 0 Å². The largest absolute Gasteiger partial charge is 0.381 e. The lowest BCUT2D eigenvalue weighted by molar-refractivity contribution is 0.0370. The quantitative estimate of drug-likeness (QED) is 0.886. The van der Waals surface area contributed by atoms with Gasteiger partial charge in [0, 0.05) is 18.8 Å². The minimum Gasteiger partial charge on any atom is -0.381 e. The van der Waals surface area contributed by atoms with E-state index in [4.69, 9.17) is 4.74 Å². The fourth-order valence-electron chi connectivity index (χ4n) is 2.30. The summed E-state index contributed by atoms with van der Waals surface area (Å²) in [5.41, 5.74) is -0.492. The predicted octanol–water partition coefficient (Wildman–Crippen LogP) is 2.61. The molecule has 0 unspecified atom stereocenters. The summed E-state index contributed by atoms with van der Waals surface area (Å²) >= 11 is 0.